The maximum absolute atomic E-state index is 9.92. The molecule has 0 heterocycles. The molecule has 0 unspecified atom stereocenters. The first kappa shape index (κ1) is 11.0. The van der Waals surface area contributed by atoms with Crippen LogP contribution in [-0.2, 0) is 9.53 Å². The minimum absolute atomic E-state index is 0. The van der Waals surface area contributed by atoms with Crippen LogP contribution in [0.1, 0.15) is 9.78 Å². The van der Waals surface area contributed by atoms with Gasteiger partial charge in [0.1, 0.15) is 6.61 Å². The average Bonchev–Trinajstić information content (AvgIpc) is 1.35. The summed E-state index contributed by atoms with van der Waals surface area (Å²) in [6.45, 7) is 1.73. The predicted molar refractivity (Wildman–Crippen MR) is 30.5 cm³/mol. The van der Waals surface area contributed by atoms with E-state index in [2.05, 4.69) is 4.74 Å². The molecule has 3 heteroatoms. The molecule has 0 aromatic rings. The molecule has 0 fully saturated rings. The monoisotopic (exact) mass is 178 g/mol. The fraction of sp³-hybridized carbons (Fsp3) is 0.750. The summed E-state index contributed by atoms with van der Waals surface area (Å²) in [5.74, 6) is 0.0671. The molecule has 0 saturated carbocycles. The van der Waals surface area contributed by atoms with Gasteiger partial charge in [-0.2, -0.15) is 0 Å². The summed E-state index contributed by atoms with van der Waals surface area (Å²) in [6.07, 6.45) is 0. The fourth-order valence-electron chi connectivity index (χ4n) is 0.203. The maximum Gasteiger partial charge on any atom is 2.00 e. The van der Waals surface area contributed by atoms with Crippen LogP contribution in [0.4, 0.5) is 0 Å². The molecule has 0 N–H and O–H groups in total. The van der Waals surface area contributed by atoms with Crippen molar-refractivity contribution in [1.29, 1.82) is 0 Å². The third kappa shape index (κ3) is 11.0. The van der Waals surface area contributed by atoms with Crippen molar-refractivity contribution in [2.24, 2.45) is 0 Å². The van der Waals surface area contributed by atoms with Crippen LogP contribution < -0.4 is 0 Å². The van der Waals surface area contributed by atoms with E-state index in [0.29, 0.717) is 0 Å². The molecule has 0 aromatic heterocycles. The Kier molecular flexibility index (Phi) is 11.2. The molecular weight excluding hydrogens is 168 g/mol. The van der Waals surface area contributed by atoms with Crippen molar-refractivity contribution in [1.82, 2.24) is 0 Å². The molecule has 0 atom stereocenters. The zero-order chi connectivity index (χ0) is 4.99. The van der Waals surface area contributed by atoms with Gasteiger partial charge in [-0.1, -0.05) is 0 Å². The molecule has 0 radical (unpaired) electrons. The third-order valence-electron chi connectivity index (χ3n) is 0.348. The van der Waals surface area contributed by atoms with Gasteiger partial charge in [-0.3, -0.25) is 4.79 Å². The van der Waals surface area contributed by atoms with Crippen LogP contribution in [-0.4, -0.2) is 65.0 Å². The number of ketones is 1. The fourth-order valence-corrected chi connectivity index (χ4v) is 0.203. The molecule has 0 aliphatic heterocycles. The Morgan fingerprint density at radius 3 is 2.29 bits per heavy atom. The molecule has 7 heavy (non-hydrogen) atoms. The van der Waals surface area contributed by atoms with Gasteiger partial charge in [0.15, 0.2) is 5.78 Å². The van der Waals surface area contributed by atoms with Crippen LogP contribution in [0, 0.1) is 0 Å². The SMILES string of the molecule is COCC(C)=O.[H-].[H-].[Sr+2]. The predicted octanol–water partition coefficient (Wildman–Crippen LogP) is 0.0660. The standard InChI is InChI=1S/C4H8O2.Sr.2H/c1-4(5)3-6-2;;;/h3H2,1-2H3;;;/q;+2;2*-1. The molecule has 0 aliphatic rings. The Hall–Kier alpha value is 1.11. The Bertz CT molecular complexity index is 60.5. The zero-order valence-electron chi connectivity index (χ0n) is 6.73. The second-order valence-corrected chi connectivity index (χ2v) is 1.14. The van der Waals surface area contributed by atoms with Crippen LogP contribution in [0.15, 0.2) is 0 Å². The van der Waals surface area contributed by atoms with E-state index in [0.717, 1.165) is 0 Å². The van der Waals surface area contributed by atoms with Crippen molar-refractivity contribution in [3.63, 3.8) is 0 Å². The third-order valence-corrected chi connectivity index (χ3v) is 0.348. The first-order valence-electron chi connectivity index (χ1n) is 1.75. The summed E-state index contributed by atoms with van der Waals surface area (Å²) < 4.78 is 4.45. The number of rotatable bonds is 2. The molecule has 0 spiro atoms. The van der Waals surface area contributed by atoms with Gasteiger partial charge < -0.3 is 7.59 Å². The zero-order valence-corrected chi connectivity index (χ0v) is 8.21. The van der Waals surface area contributed by atoms with Gasteiger partial charge in [-0.05, 0) is 6.92 Å². The van der Waals surface area contributed by atoms with Gasteiger partial charge in [0, 0.05) is 7.11 Å². The Morgan fingerprint density at radius 2 is 2.29 bits per heavy atom. The molecule has 0 bridgehead atoms. The maximum atomic E-state index is 9.92. The number of carbonyl (C=O) groups is 1. The van der Waals surface area contributed by atoms with Crippen molar-refractivity contribution in [2.45, 2.75) is 6.92 Å². The van der Waals surface area contributed by atoms with Crippen LogP contribution in [0.3, 0.4) is 0 Å². The van der Waals surface area contributed by atoms with Crippen LogP contribution >= 0.6 is 0 Å². The Balaban J connectivity index is -0.0000000417. The van der Waals surface area contributed by atoms with E-state index in [1.165, 1.54) is 14.0 Å². The first-order valence-corrected chi connectivity index (χ1v) is 1.75. The Morgan fingerprint density at radius 1 is 1.86 bits per heavy atom. The minimum atomic E-state index is 0. The summed E-state index contributed by atoms with van der Waals surface area (Å²) in [6, 6.07) is 0. The van der Waals surface area contributed by atoms with E-state index in [9.17, 15) is 4.79 Å². The van der Waals surface area contributed by atoms with E-state index < -0.39 is 0 Å². The molecule has 0 saturated heterocycles. The van der Waals surface area contributed by atoms with Gasteiger partial charge in [0.2, 0.25) is 0 Å². The van der Waals surface area contributed by atoms with Crippen LogP contribution in [0.5, 0.6) is 0 Å². The van der Waals surface area contributed by atoms with E-state index >= 15 is 0 Å². The van der Waals surface area contributed by atoms with Crippen molar-refractivity contribution in [2.75, 3.05) is 13.7 Å². The van der Waals surface area contributed by atoms with Crippen LogP contribution in [0.25, 0.3) is 0 Å². The normalized spacial score (nSPS) is 7.14. The molecule has 0 aliphatic carbocycles. The van der Waals surface area contributed by atoms with E-state index in [1.54, 1.807) is 0 Å². The quantitative estimate of drug-likeness (QED) is 0.558. The Labute approximate surface area is 83.5 Å². The van der Waals surface area contributed by atoms with Gasteiger partial charge in [-0.25, -0.2) is 0 Å². The van der Waals surface area contributed by atoms with Gasteiger partial charge in [0.25, 0.3) is 0 Å². The van der Waals surface area contributed by atoms with Gasteiger partial charge >= 0.3 is 45.5 Å². The van der Waals surface area contributed by atoms with Gasteiger partial charge in [0.05, 0.1) is 0 Å². The van der Waals surface area contributed by atoms with Gasteiger partial charge in [-0.15, -0.1) is 0 Å². The van der Waals surface area contributed by atoms with Crippen molar-refractivity contribution < 1.29 is 12.4 Å². The molecule has 0 amide bonds. The molecule has 2 nitrogen and oxygen atoms in total. The number of Topliss-reactive ketones (excluding diaryl/α,β-unsaturated/α-hetero) is 1. The summed E-state index contributed by atoms with van der Waals surface area (Å²) in [5, 5.41) is 0. The number of hydrogen-bond acceptors (Lipinski definition) is 2. The van der Waals surface area contributed by atoms with E-state index in [1.807, 2.05) is 0 Å². The number of carbonyl (C=O) groups excluding carboxylic acids is 1. The second-order valence-electron chi connectivity index (χ2n) is 1.14. The van der Waals surface area contributed by atoms with Crippen molar-refractivity contribution in [3.8, 4) is 0 Å². The summed E-state index contributed by atoms with van der Waals surface area (Å²) in [4.78, 5) is 9.92. The summed E-state index contributed by atoms with van der Waals surface area (Å²) in [5.41, 5.74) is 0. The molecule has 40 valence electrons. The van der Waals surface area contributed by atoms with E-state index in [4.69, 9.17) is 0 Å². The minimum Gasteiger partial charge on any atom is -1.00 e. The number of methoxy groups -OCH3 is 1. The number of ether oxygens (including phenoxy) is 1. The van der Waals surface area contributed by atoms with Crippen molar-refractivity contribution in [3.05, 3.63) is 0 Å². The number of hydrogen-bond donors (Lipinski definition) is 0. The van der Waals surface area contributed by atoms with Crippen molar-refractivity contribution >= 4 is 51.3 Å². The average molecular weight is 178 g/mol. The topological polar surface area (TPSA) is 26.3 Å². The molecule has 0 rings (SSSR count). The summed E-state index contributed by atoms with van der Waals surface area (Å²) >= 11 is 0. The second kappa shape index (κ2) is 7.11. The summed E-state index contributed by atoms with van der Waals surface area (Å²) in [7, 11) is 1.50. The van der Waals surface area contributed by atoms with E-state index in [-0.39, 0.29) is 60.7 Å². The molecular formula is C4H10O2Sr. The first-order chi connectivity index (χ1) is 2.77. The smallest absolute Gasteiger partial charge is 1.00 e. The molecule has 0 aromatic carbocycles. The van der Waals surface area contributed by atoms with Crippen LogP contribution in [0.2, 0.25) is 0 Å². The largest absolute Gasteiger partial charge is 2.00 e.